The summed E-state index contributed by atoms with van der Waals surface area (Å²) < 4.78 is 5.58. The molecule has 0 saturated carbocycles. The van der Waals surface area contributed by atoms with E-state index in [1.165, 1.54) is 0 Å². The summed E-state index contributed by atoms with van der Waals surface area (Å²) in [6, 6.07) is 11.3. The number of anilines is 1. The Hall–Kier alpha value is -2.00. The second-order valence-electron chi connectivity index (χ2n) is 5.02. The van der Waals surface area contributed by atoms with Gasteiger partial charge in [-0.15, -0.1) is 0 Å². The fourth-order valence-electron chi connectivity index (χ4n) is 1.94. The number of benzene rings is 2. The molecule has 0 heterocycles. The van der Waals surface area contributed by atoms with E-state index in [4.69, 9.17) is 16.3 Å². The van der Waals surface area contributed by atoms with Gasteiger partial charge < -0.3 is 10.1 Å². The summed E-state index contributed by atoms with van der Waals surface area (Å²) in [5.41, 5.74) is 3.66. The van der Waals surface area contributed by atoms with Gasteiger partial charge in [0.15, 0.2) is 6.61 Å². The van der Waals surface area contributed by atoms with E-state index in [2.05, 4.69) is 5.32 Å². The molecule has 2 aromatic rings. The van der Waals surface area contributed by atoms with Crippen molar-refractivity contribution in [1.82, 2.24) is 0 Å². The van der Waals surface area contributed by atoms with Crippen LogP contribution in [0.5, 0.6) is 5.75 Å². The third kappa shape index (κ3) is 3.99. The SMILES string of the molecule is Cc1ccc(C)c(OCC(=O)Nc2cccc(Cl)c2C)c1. The molecular formula is C17H18ClNO2. The number of halogens is 1. The van der Waals surface area contributed by atoms with Crippen LogP contribution in [0.2, 0.25) is 5.02 Å². The Morgan fingerprint density at radius 3 is 2.71 bits per heavy atom. The predicted octanol–water partition coefficient (Wildman–Crippen LogP) is 4.28. The number of hydrogen-bond donors (Lipinski definition) is 1. The number of amides is 1. The molecule has 0 spiro atoms. The maximum Gasteiger partial charge on any atom is 0.262 e. The van der Waals surface area contributed by atoms with Gasteiger partial charge in [-0.25, -0.2) is 0 Å². The molecule has 0 atom stereocenters. The van der Waals surface area contributed by atoms with Crippen molar-refractivity contribution in [2.75, 3.05) is 11.9 Å². The molecule has 0 aliphatic rings. The number of nitrogens with one attached hydrogen (secondary N) is 1. The molecule has 1 amide bonds. The monoisotopic (exact) mass is 303 g/mol. The van der Waals surface area contributed by atoms with E-state index in [-0.39, 0.29) is 12.5 Å². The highest BCUT2D eigenvalue weighted by Gasteiger charge is 2.08. The molecule has 2 aromatic carbocycles. The molecule has 21 heavy (non-hydrogen) atoms. The van der Waals surface area contributed by atoms with Crippen LogP contribution < -0.4 is 10.1 Å². The van der Waals surface area contributed by atoms with E-state index in [1.807, 2.05) is 45.0 Å². The molecule has 0 unspecified atom stereocenters. The minimum absolute atomic E-state index is 0.0315. The minimum Gasteiger partial charge on any atom is -0.483 e. The van der Waals surface area contributed by atoms with Crippen molar-refractivity contribution >= 4 is 23.2 Å². The van der Waals surface area contributed by atoms with Crippen molar-refractivity contribution in [3.63, 3.8) is 0 Å². The Morgan fingerprint density at radius 2 is 1.95 bits per heavy atom. The third-order valence-electron chi connectivity index (χ3n) is 3.24. The molecule has 0 saturated heterocycles. The summed E-state index contributed by atoms with van der Waals surface area (Å²) in [5, 5.41) is 3.43. The van der Waals surface area contributed by atoms with Crippen molar-refractivity contribution in [2.24, 2.45) is 0 Å². The molecular weight excluding hydrogens is 286 g/mol. The highest BCUT2D eigenvalue weighted by Crippen LogP contribution is 2.23. The fraction of sp³-hybridized carbons (Fsp3) is 0.235. The van der Waals surface area contributed by atoms with Crippen molar-refractivity contribution < 1.29 is 9.53 Å². The fourth-order valence-corrected chi connectivity index (χ4v) is 2.11. The Labute approximate surface area is 129 Å². The van der Waals surface area contributed by atoms with Crippen LogP contribution >= 0.6 is 11.6 Å². The lowest BCUT2D eigenvalue weighted by atomic mass is 10.1. The van der Waals surface area contributed by atoms with Crippen LogP contribution in [0.1, 0.15) is 16.7 Å². The second-order valence-corrected chi connectivity index (χ2v) is 5.43. The molecule has 3 nitrogen and oxygen atoms in total. The van der Waals surface area contributed by atoms with E-state index in [1.54, 1.807) is 12.1 Å². The zero-order valence-corrected chi connectivity index (χ0v) is 13.1. The molecule has 4 heteroatoms. The number of rotatable bonds is 4. The number of aryl methyl sites for hydroxylation is 2. The number of ether oxygens (including phenoxy) is 1. The van der Waals surface area contributed by atoms with Crippen LogP contribution in [0.3, 0.4) is 0 Å². The summed E-state index contributed by atoms with van der Waals surface area (Å²) in [4.78, 5) is 12.0. The minimum atomic E-state index is -0.207. The molecule has 0 fully saturated rings. The Balaban J connectivity index is 1.99. The number of carbonyl (C=O) groups excluding carboxylic acids is 1. The number of hydrogen-bond acceptors (Lipinski definition) is 2. The van der Waals surface area contributed by atoms with Gasteiger partial charge in [0, 0.05) is 10.7 Å². The van der Waals surface area contributed by atoms with Crippen molar-refractivity contribution in [3.05, 3.63) is 58.1 Å². The maximum absolute atomic E-state index is 12.0. The zero-order chi connectivity index (χ0) is 15.4. The zero-order valence-electron chi connectivity index (χ0n) is 12.4. The van der Waals surface area contributed by atoms with Gasteiger partial charge in [0.05, 0.1) is 0 Å². The Morgan fingerprint density at radius 1 is 1.19 bits per heavy atom. The van der Waals surface area contributed by atoms with E-state index >= 15 is 0 Å². The number of carbonyl (C=O) groups is 1. The summed E-state index contributed by atoms with van der Waals surface area (Å²) >= 11 is 6.03. The first-order valence-electron chi connectivity index (χ1n) is 6.72. The summed E-state index contributed by atoms with van der Waals surface area (Å²) in [5.74, 6) is 0.522. The average Bonchev–Trinajstić information content (AvgIpc) is 2.45. The van der Waals surface area contributed by atoms with Gasteiger partial charge in [-0.1, -0.05) is 29.8 Å². The quantitative estimate of drug-likeness (QED) is 0.915. The molecule has 1 N–H and O–H groups in total. The van der Waals surface area contributed by atoms with Crippen LogP contribution in [0.15, 0.2) is 36.4 Å². The van der Waals surface area contributed by atoms with E-state index in [0.717, 1.165) is 22.4 Å². The lowest BCUT2D eigenvalue weighted by Crippen LogP contribution is -2.21. The maximum atomic E-state index is 12.0. The van der Waals surface area contributed by atoms with Gasteiger partial charge in [-0.3, -0.25) is 4.79 Å². The largest absolute Gasteiger partial charge is 0.483 e. The van der Waals surface area contributed by atoms with Gasteiger partial charge >= 0.3 is 0 Å². The van der Waals surface area contributed by atoms with Crippen molar-refractivity contribution in [3.8, 4) is 5.75 Å². The molecule has 110 valence electrons. The van der Waals surface area contributed by atoms with Crippen LogP contribution in [0.4, 0.5) is 5.69 Å². The van der Waals surface area contributed by atoms with Crippen LogP contribution in [0, 0.1) is 20.8 Å². The molecule has 0 bridgehead atoms. The van der Waals surface area contributed by atoms with Crippen molar-refractivity contribution in [1.29, 1.82) is 0 Å². The smallest absolute Gasteiger partial charge is 0.262 e. The Kier molecular flexibility index (Phi) is 4.86. The molecule has 2 rings (SSSR count). The lowest BCUT2D eigenvalue weighted by Gasteiger charge is -2.12. The van der Waals surface area contributed by atoms with Gasteiger partial charge in [-0.05, 0) is 55.7 Å². The van der Waals surface area contributed by atoms with E-state index in [9.17, 15) is 4.79 Å². The lowest BCUT2D eigenvalue weighted by molar-refractivity contribution is -0.118. The van der Waals surface area contributed by atoms with Gasteiger partial charge in [-0.2, -0.15) is 0 Å². The topological polar surface area (TPSA) is 38.3 Å². The third-order valence-corrected chi connectivity index (χ3v) is 3.65. The van der Waals surface area contributed by atoms with Gasteiger partial charge in [0.1, 0.15) is 5.75 Å². The highest BCUT2D eigenvalue weighted by atomic mass is 35.5. The first-order chi connectivity index (χ1) is 9.97. The molecule has 0 radical (unpaired) electrons. The second kappa shape index (κ2) is 6.64. The van der Waals surface area contributed by atoms with Crippen LogP contribution in [-0.4, -0.2) is 12.5 Å². The van der Waals surface area contributed by atoms with E-state index in [0.29, 0.717) is 10.7 Å². The van der Waals surface area contributed by atoms with Gasteiger partial charge in [0.2, 0.25) is 0 Å². The predicted molar refractivity (Wildman–Crippen MR) is 86.2 cm³/mol. The van der Waals surface area contributed by atoms with Crippen LogP contribution in [-0.2, 0) is 4.79 Å². The standard InChI is InChI=1S/C17H18ClNO2/c1-11-7-8-12(2)16(9-11)21-10-17(20)19-15-6-4-5-14(18)13(15)3/h4-9H,10H2,1-3H3,(H,19,20). The molecule has 0 aliphatic heterocycles. The normalized spacial score (nSPS) is 10.3. The van der Waals surface area contributed by atoms with Crippen LogP contribution in [0.25, 0.3) is 0 Å². The van der Waals surface area contributed by atoms with Crippen molar-refractivity contribution in [2.45, 2.75) is 20.8 Å². The first kappa shape index (κ1) is 15.4. The highest BCUT2D eigenvalue weighted by molar-refractivity contribution is 6.31. The first-order valence-corrected chi connectivity index (χ1v) is 7.10. The summed E-state index contributed by atoms with van der Waals surface area (Å²) in [7, 11) is 0. The van der Waals surface area contributed by atoms with Gasteiger partial charge in [0.25, 0.3) is 5.91 Å². The Bertz CT molecular complexity index is 668. The molecule has 0 aliphatic carbocycles. The van der Waals surface area contributed by atoms with E-state index < -0.39 is 0 Å². The summed E-state index contributed by atoms with van der Waals surface area (Å²) in [6.07, 6.45) is 0. The average molecular weight is 304 g/mol. The summed E-state index contributed by atoms with van der Waals surface area (Å²) in [6.45, 7) is 5.77. The molecule has 0 aromatic heterocycles.